The van der Waals surface area contributed by atoms with Crippen LogP contribution in [0.5, 0.6) is 0 Å². The molecule has 6 heteroatoms. The first-order valence-electron chi connectivity index (χ1n) is 3.68. The molecule has 1 aromatic rings. The maximum Gasteiger partial charge on any atom is 0.305 e. The van der Waals surface area contributed by atoms with Crippen molar-refractivity contribution in [3.05, 3.63) is 33.6 Å². The van der Waals surface area contributed by atoms with Crippen LogP contribution in [0.2, 0.25) is 0 Å². The SMILES string of the molecule is CC(=O)c1cc([N+](=O)[O-])c(F)cc1N. The van der Waals surface area contributed by atoms with Crippen molar-refractivity contribution in [2.24, 2.45) is 0 Å². The van der Waals surface area contributed by atoms with Crippen molar-refractivity contribution in [1.29, 1.82) is 0 Å². The number of ketones is 1. The summed E-state index contributed by atoms with van der Waals surface area (Å²) < 4.78 is 12.9. The third-order valence-corrected chi connectivity index (χ3v) is 1.69. The van der Waals surface area contributed by atoms with E-state index >= 15 is 0 Å². The summed E-state index contributed by atoms with van der Waals surface area (Å²) in [4.78, 5) is 20.3. The predicted octanol–water partition coefficient (Wildman–Crippen LogP) is 1.52. The molecule has 0 unspecified atom stereocenters. The number of anilines is 1. The van der Waals surface area contributed by atoms with Gasteiger partial charge in [-0.05, 0) is 6.92 Å². The van der Waals surface area contributed by atoms with Crippen molar-refractivity contribution < 1.29 is 14.1 Å². The summed E-state index contributed by atoms with van der Waals surface area (Å²) in [6, 6.07) is 1.61. The highest BCUT2D eigenvalue weighted by atomic mass is 19.1. The Morgan fingerprint density at radius 3 is 2.57 bits per heavy atom. The maximum atomic E-state index is 12.9. The molecular weight excluding hydrogens is 191 g/mol. The number of carbonyl (C=O) groups excluding carboxylic acids is 1. The van der Waals surface area contributed by atoms with Gasteiger partial charge in [0.1, 0.15) is 0 Å². The minimum atomic E-state index is -1.04. The summed E-state index contributed by atoms with van der Waals surface area (Å²) >= 11 is 0. The summed E-state index contributed by atoms with van der Waals surface area (Å²) in [7, 11) is 0. The van der Waals surface area contributed by atoms with Gasteiger partial charge in [0, 0.05) is 23.4 Å². The number of halogens is 1. The Kier molecular flexibility index (Phi) is 2.46. The van der Waals surface area contributed by atoms with Crippen molar-refractivity contribution >= 4 is 17.2 Å². The average molecular weight is 198 g/mol. The van der Waals surface area contributed by atoms with Crippen LogP contribution in [0.1, 0.15) is 17.3 Å². The fourth-order valence-corrected chi connectivity index (χ4v) is 1.02. The fourth-order valence-electron chi connectivity index (χ4n) is 1.02. The molecule has 0 saturated carbocycles. The van der Waals surface area contributed by atoms with Gasteiger partial charge in [-0.3, -0.25) is 14.9 Å². The molecule has 2 N–H and O–H groups in total. The fraction of sp³-hybridized carbons (Fsp3) is 0.125. The van der Waals surface area contributed by atoms with Gasteiger partial charge >= 0.3 is 5.69 Å². The van der Waals surface area contributed by atoms with Crippen LogP contribution in [-0.4, -0.2) is 10.7 Å². The Hall–Kier alpha value is -1.98. The number of hydrogen-bond acceptors (Lipinski definition) is 4. The summed E-state index contributed by atoms with van der Waals surface area (Å²) in [5, 5.41) is 10.3. The Morgan fingerprint density at radius 1 is 1.57 bits per heavy atom. The van der Waals surface area contributed by atoms with E-state index < -0.39 is 22.2 Å². The zero-order valence-corrected chi connectivity index (χ0v) is 7.28. The molecule has 5 nitrogen and oxygen atoms in total. The van der Waals surface area contributed by atoms with Crippen LogP contribution in [0.15, 0.2) is 12.1 Å². The Labute approximate surface area is 78.5 Å². The lowest BCUT2D eigenvalue weighted by atomic mass is 10.1. The standard InChI is InChI=1S/C8H7FN2O3/c1-4(12)5-2-8(11(13)14)6(9)3-7(5)10/h2-3H,10H2,1H3. The number of nitrogens with zero attached hydrogens (tertiary/aromatic N) is 1. The van der Waals surface area contributed by atoms with Gasteiger partial charge in [0.15, 0.2) is 5.78 Å². The van der Waals surface area contributed by atoms with Crippen molar-refractivity contribution in [2.45, 2.75) is 6.92 Å². The molecule has 0 radical (unpaired) electrons. The topological polar surface area (TPSA) is 86.2 Å². The number of nitrogens with two attached hydrogens (primary N) is 1. The van der Waals surface area contributed by atoms with E-state index in [-0.39, 0.29) is 11.3 Å². The van der Waals surface area contributed by atoms with Gasteiger partial charge in [0.2, 0.25) is 5.82 Å². The largest absolute Gasteiger partial charge is 0.398 e. The molecule has 0 amide bonds. The number of nitrogen functional groups attached to an aromatic ring is 1. The highest BCUT2D eigenvalue weighted by Gasteiger charge is 2.18. The van der Waals surface area contributed by atoms with E-state index in [1.54, 1.807) is 0 Å². The molecule has 0 bridgehead atoms. The van der Waals surface area contributed by atoms with Crippen LogP contribution in [0, 0.1) is 15.9 Å². The number of benzene rings is 1. The molecule has 74 valence electrons. The molecule has 0 atom stereocenters. The van der Waals surface area contributed by atoms with E-state index in [1.165, 1.54) is 6.92 Å². The predicted molar refractivity (Wildman–Crippen MR) is 47.5 cm³/mol. The van der Waals surface area contributed by atoms with Crippen molar-refractivity contribution in [2.75, 3.05) is 5.73 Å². The molecule has 0 aliphatic rings. The second-order valence-corrected chi connectivity index (χ2v) is 2.70. The van der Waals surface area contributed by atoms with E-state index in [2.05, 4.69) is 0 Å². The molecule has 0 fully saturated rings. The van der Waals surface area contributed by atoms with E-state index in [0.29, 0.717) is 0 Å². The molecule has 1 aromatic carbocycles. The van der Waals surface area contributed by atoms with Crippen LogP contribution in [-0.2, 0) is 0 Å². The lowest BCUT2D eigenvalue weighted by Gasteiger charge is -2.01. The van der Waals surface area contributed by atoms with Gasteiger partial charge < -0.3 is 5.73 Å². The van der Waals surface area contributed by atoms with Crippen LogP contribution < -0.4 is 5.73 Å². The number of Topliss-reactive ketones (excluding diaryl/α,β-unsaturated/α-hetero) is 1. The second kappa shape index (κ2) is 3.41. The number of hydrogen-bond donors (Lipinski definition) is 1. The van der Waals surface area contributed by atoms with E-state index in [4.69, 9.17) is 5.73 Å². The number of nitro benzene ring substituents is 1. The zero-order chi connectivity index (χ0) is 10.9. The van der Waals surface area contributed by atoms with Crippen molar-refractivity contribution in [3.8, 4) is 0 Å². The Balaban J connectivity index is 3.42. The molecular formula is C8H7FN2O3. The highest BCUT2D eigenvalue weighted by Crippen LogP contribution is 2.24. The summed E-state index contributed by atoms with van der Waals surface area (Å²) in [5.41, 5.74) is 4.42. The third kappa shape index (κ3) is 1.68. The first kappa shape index (κ1) is 10.1. The molecule has 0 aliphatic heterocycles. The van der Waals surface area contributed by atoms with E-state index in [1.807, 2.05) is 0 Å². The summed E-state index contributed by atoms with van der Waals surface area (Å²) in [6.07, 6.45) is 0. The summed E-state index contributed by atoms with van der Waals surface area (Å²) in [5.74, 6) is -1.48. The monoisotopic (exact) mass is 198 g/mol. The maximum absolute atomic E-state index is 12.9. The highest BCUT2D eigenvalue weighted by molar-refractivity contribution is 5.99. The Morgan fingerprint density at radius 2 is 2.14 bits per heavy atom. The zero-order valence-electron chi connectivity index (χ0n) is 7.28. The lowest BCUT2D eigenvalue weighted by molar-refractivity contribution is -0.387. The van der Waals surface area contributed by atoms with Gasteiger partial charge in [-0.1, -0.05) is 0 Å². The average Bonchev–Trinajstić information content (AvgIpc) is 2.02. The minimum Gasteiger partial charge on any atom is -0.398 e. The van der Waals surface area contributed by atoms with Crippen LogP contribution in [0.3, 0.4) is 0 Å². The molecule has 0 spiro atoms. The van der Waals surface area contributed by atoms with E-state index in [9.17, 15) is 19.3 Å². The molecule has 0 aromatic heterocycles. The molecule has 0 heterocycles. The van der Waals surface area contributed by atoms with Crippen molar-refractivity contribution in [3.63, 3.8) is 0 Å². The number of carbonyl (C=O) groups is 1. The third-order valence-electron chi connectivity index (χ3n) is 1.69. The molecule has 0 aliphatic carbocycles. The molecule has 0 saturated heterocycles. The van der Waals surface area contributed by atoms with E-state index in [0.717, 1.165) is 12.1 Å². The van der Waals surface area contributed by atoms with Gasteiger partial charge in [-0.15, -0.1) is 0 Å². The molecule has 14 heavy (non-hydrogen) atoms. The Bertz CT molecular complexity index is 382. The first-order chi connectivity index (χ1) is 6.43. The quantitative estimate of drug-likeness (QED) is 0.338. The van der Waals surface area contributed by atoms with Gasteiger partial charge in [0.05, 0.1) is 4.92 Å². The smallest absolute Gasteiger partial charge is 0.305 e. The first-order valence-corrected chi connectivity index (χ1v) is 3.68. The lowest BCUT2D eigenvalue weighted by Crippen LogP contribution is -2.03. The second-order valence-electron chi connectivity index (χ2n) is 2.70. The van der Waals surface area contributed by atoms with Gasteiger partial charge in [0.25, 0.3) is 0 Å². The van der Waals surface area contributed by atoms with Crippen molar-refractivity contribution in [1.82, 2.24) is 0 Å². The summed E-state index contributed by atoms with van der Waals surface area (Å²) in [6.45, 7) is 1.20. The van der Waals surface area contributed by atoms with Gasteiger partial charge in [-0.25, -0.2) is 0 Å². The van der Waals surface area contributed by atoms with Gasteiger partial charge in [-0.2, -0.15) is 4.39 Å². The minimum absolute atomic E-state index is 0.0434. The number of rotatable bonds is 2. The van der Waals surface area contributed by atoms with Crippen LogP contribution in [0.4, 0.5) is 15.8 Å². The number of nitro groups is 1. The van der Waals surface area contributed by atoms with Crippen LogP contribution >= 0.6 is 0 Å². The molecule has 1 rings (SSSR count). The normalized spacial score (nSPS) is 9.86. The van der Waals surface area contributed by atoms with Crippen LogP contribution in [0.25, 0.3) is 0 Å².